The molecular formula is C13H16N4. The van der Waals surface area contributed by atoms with E-state index in [-0.39, 0.29) is 0 Å². The molecule has 4 heteroatoms. The highest BCUT2D eigenvalue weighted by Crippen LogP contribution is 2.13. The van der Waals surface area contributed by atoms with Gasteiger partial charge in [0.25, 0.3) is 0 Å². The Morgan fingerprint density at radius 1 is 1.18 bits per heavy atom. The normalized spacial score (nSPS) is 10.2. The van der Waals surface area contributed by atoms with Crippen LogP contribution in [-0.4, -0.2) is 17.0 Å². The Morgan fingerprint density at radius 2 is 1.88 bits per heavy atom. The number of hydrogen-bond donors (Lipinski definition) is 1. The molecular weight excluding hydrogens is 212 g/mol. The monoisotopic (exact) mass is 228 g/mol. The molecule has 1 heterocycles. The van der Waals surface area contributed by atoms with Gasteiger partial charge in [0.2, 0.25) is 0 Å². The van der Waals surface area contributed by atoms with Gasteiger partial charge in [0.15, 0.2) is 0 Å². The van der Waals surface area contributed by atoms with Gasteiger partial charge in [-0.25, -0.2) is 9.97 Å². The van der Waals surface area contributed by atoms with E-state index in [2.05, 4.69) is 14.9 Å². The summed E-state index contributed by atoms with van der Waals surface area (Å²) >= 11 is 0. The molecule has 0 atom stereocenters. The van der Waals surface area contributed by atoms with E-state index in [4.69, 9.17) is 5.73 Å². The Morgan fingerprint density at radius 3 is 2.53 bits per heavy atom. The first kappa shape index (κ1) is 11.4. The molecule has 2 N–H and O–H groups in total. The summed E-state index contributed by atoms with van der Waals surface area (Å²) in [6.07, 6.45) is 1.59. The van der Waals surface area contributed by atoms with E-state index >= 15 is 0 Å². The van der Waals surface area contributed by atoms with E-state index in [1.807, 2.05) is 44.3 Å². The SMILES string of the molecule is Cc1cc(N(C)Cc2ccc(N)cc2)ncn1. The van der Waals surface area contributed by atoms with Crippen molar-refractivity contribution in [3.05, 3.63) is 47.9 Å². The van der Waals surface area contributed by atoms with Crippen LogP contribution in [0.3, 0.4) is 0 Å². The number of aryl methyl sites for hydroxylation is 1. The molecule has 1 aromatic heterocycles. The quantitative estimate of drug-likeness (QED) is 0.816. The van der Waals surface area contributed by atoms with Gasteiger partial charge in [-0.3, -0.25) is 0 Å². The summed E-state index contributed by atoms with van der Waals surface area (Å²) in [6, 6.07) is 9.85. The predicted molar refractivity (Wildman–Crippen MR) is 69.7 cm³/mol. The van der Waals surface area contributed by atoms with Crippen LogP contribution < -0.4 is 10.6 Å². The van der Waals surface area contributed by atoms with Crippen LogP contribution in [0.2, 0.25) is 0 Å². The van der Waals surface area contributed by atoms with E-state index in [1.165, 1.54) is 5.56 Å². The van der Waals surface area contributed by atoms with E-state index in [0.717, 1.165) is 23.7 Å². The predicted octanol–water partition coefficient (Wildman–Crippen LogP) is 2.00. The summed E-state index contributed by atoms with van der Waals surface area (Å²) in [5, 5.41) is 0. The Bertz CT molecular complexity index is 493. The summed E-state index contributed by atoms with van der Waals surface area (Å²) in [4.78, 5) is 10.4. The summed E-state index contributed by atoms with van der Waals surface area (Å²) < 4.78 is 0. The molecule has 0 spiro atoms. The van der Waals surface area contributed by atoms with Crippen molar-refractivity contribution in [3.63, 3.8) is 0 Å². The molecule has 0 amide bonds. The minimum Gasteiger partial charge on any atom is -0.399 e. The fourth-order valence-electron chi connectivity index (χ4n) is 1.63. The molecule has 2 aromatic rings. The zero-order valence-electron chi connectivity index (χ0n) is 10.1. The first-order valence-electron chi connectivity index (χ1n) is 5.49. The number of nitrogens with two attached hydrogens (primary N) is 1. The van der Waals surface area contributed by atoms with Crippen molar-refractivity contribution in [2.75, 3.05) is 17.7 Å². The van der Waals surface area contributed by atoms with E-state index in [1.54, 1.807) is 6.33 Å². The Labute approximate surface area is 101 Å². The van der Waals surface area contributed by atoms with Gasteiger partial charge < -0.3 is 10.6 Å². The fraction of sp³-hybridized carbons (Fsp3) is 0.231. The zero-order chi connectivity index (χ0) is 12.3. The van der Waals surface area contributed by atoms with Crippen LogP contribution in [0, 0.1) is 6.92 Å². The molecule has 0 aliphatic carbocycles. The minimum atomic E-state index is 0.786. The Kier molecular flexibility index (Phi) is 3.23. The number of anilines is 2. The van der Waals surface area contributed by atoms with Gasteiger partial charge in [0, 0.05) is 31.0 Å². The summed E-state index contributed by atoms with van der Waals surface area (Å²) in [6.45, 7) is 2.76. The molecule has 0 fully saturated rings. The highest BCUT2D eigenvalue weighted by molar-refractivity contribution is 5.42. The van der Waals surface area contributed by atoms with Crippen LogP contribution >= 0.6 is 0 Å². The molecule has 0 radical (unpaired) electrons. The largest absolute Gasteiger partial charge is 0.399 e. The van der Waals surface area contributed by atoms with Crippen LogP contribution in [-0.2, 0) is 6.54 Å². The lowest BCUT2D eigenvalue weighted by molar-refractivity contribution is 0.886. The third-order valence-corrected chi connectivity index (χ3v) is 2.58. The molecule has 17 heavy (non-hydrogen) atoms. The van der Waals surface area contributed by atoms with Gasteiger partial charge in [0.1, 0.15) is 12.1 Å². The highest BCUT2D eigenvalue weighted by atomic mass is 15.2. The molecule has 4 nitrogen and oxygen atoms in total. The lowest BCUT2D eigenvalue weighted by Crippen LogP contribution is -2.17. The van der Waals surface area contributed by atoms with Gasteiger partial charge in [-0.05, 0) is 24.6 Å². The van der Waals surface area contributed by atoms with E-state index in [0.29, 0.717) is 0 Å². The third-order valence-electron chi connectivity index (χ3n) is 2.58. The first-order chi connectivity index (χ1) is 8.15. The Balaban J connectivity index is 2.11. The topological polar surface area (TPSA) is 55.0 Å². The molecule has 0 aliphatic rings. The number of rotatable bonds is 3. The zero-order valence-corrected chi connectivity index (χ0v) is 10.1. The maximum atomic E-state index is 5.65. The van der Waals surface area contributed by atoms with Crippen LogP contribution in [0.4, 0.5) is 11.5 Å². The fourth-order valence-corrected chi connectivity index (χ4v) is 1.63. The number of hydrogen-bond acceptors (Lipinski definition) is 4. The second-order valence-corrected chi connectivity index (χ2v) is 4.12. The van der Waals surface area contributed by atoms with E-state index < -0.39 is 0 Å². The molecule has 1 aromatic carbocycles. The van der Waals surface area contributed by atoms with Crippen molar-refractivity contribution >= 4 is 11.5 Å². The second-order valence-electron chi connectivity index (χ2n) is 4.12. The average molecular weight is 228 g/mol. The first-order valence-corrected chi connectivity index (χ1v) is 5.49. The summed E-state index contributed by atoms with van der Waals surface area (Å²) in [5.74, 6) is 0.925. The number of aromatic nitrogens is 2. The molecule has 0 aliphatic heterocycles. The van der Waals surface area contributed by atoms with Gasteiger partial charge in [-0.2, -0.15) is 0 Å². The highest BCUT2D eigenvalue weighted by Gasteiger charge is 2.03. The molecule has 0 saturated carbocycles. The maximum absolute atomic E-state index is 5.65. The second kappa shape index (κ2) is 4.82. The average Bonchev–Trinajstić information content (AvgIpc) is 2.32. The van der Waals surface area contributed by atoms with Crippen molar-refractivity contribution < 1.29 is 0 Å². The minimum absolute atomic E-state index is 0.786. The number of nitrogen functional groups attached to an aromatic ring is 1. The molecule has 0 saturated heterocycles. The standard InChI is InChI=1S/C13H16N4/c1-10-7-13(16-9-15-10)17(2)8-11-3-5-12(14)6-4-11/h3-7,9H,8,14H2,1-2H3. The lowest BCUT2D eigenvalue weighted by Gasteiger charge is -2.18. The van der Waals surface area contributed by atoms with Crippen LogP contribution in [0.25, 0.3) is 0 Å². The van der Waals surface area contributed by atoms with Gasteiger partial charge in [0.05, 0.1) is 0 Å². The maximum Gasteiger partial charge on any atom is 0.132 e. The van der Waals surface area contributed by atoms with Crippen LogP contribution in [0.1, 0.15) is 11.3 Å². The number of nitrogens with zero attached hydrogens (tertiary/aromatic N) is 3. The smallest absolute Gasteiger partial charge is 0.132 e. The third kappa shape index (κ3) is 2.93. The van der Waals surface area contributed by atoms with Crippen molar-refractivity contribution in [2.24, 2.45) is 0 Å². The molecule has 0 bridgehead atoms. The summed E-state index contributed by atoms with van der Waals surface area (Å²) in [7, 11) is 2.01. The van der Waals surface area contributed by atoms with Gasteiger partial charge in [-0.15, -0.1) is 0 Å². The molecule has 0 unspecified atom stereocenters. The van der Waals surface area contributed by atoms with Gasteiger partial charge in [-0.1, -0.05) is 12.1 Å². The van der Waals surface area contributed by atoms with E-state index in [9.17, 15) is 0 Å². The van der Waals surface area contributed by atoms with Crippen molar-refractivity contribution in [3.8, 4) is 0 Å². The van der Waals surface area contributed by atoms with Crippen molar-refractivity contribution in [2.45, 2.75) is 13.5 Å². The van der Waals surface area contributed by atoms with Crippen LogP contribution in [0.15, 0.2) is 36.7 Å². The van der Waals surface area contributed by atoms with Gasteiger partial charge >= 0.3 is 0 Å². The lowest BCUT2D eigenvalue weighted by atomic mass is 10.2. The number of benzene rings is 1. The summed E-state index contributed by atoms with van der Waals surface area (Å²) in [5.41, 5.74) is 8.62. The van der Waals surface area contributed by atoms with Crippen molar-refractivity contribution in [1.29, 1.82) is 0 Å². The Hall–Kier alpha value is -2.10. The van der Waals surface area contributed by atoms with Crippen molar-refractivity contribution in [1.82, 2.24) is 9.97 Å². The van der Waals surface area contributed by atoms with Crippen LogP contribution in [0.5, 0.6) is 0 Å². The molecule has 88 valence electrons. The molecule has 2 rings (SSSR count).